The van der Waals surface area contributed by atoms with Crippen molar-refractivity contribution in [3.8, 4) is 0 Å². The molecule has 7 nitrogen and oxygen atoms in total. The van der Waals surface area contributed by atoms with Crippen LogP contribution in [0.15, 0.2) is 57.5 Å². The second-order valence-electron chi connectivity index (χ2n) is 9.37. The fourth-order valence-corrected chi connectivity index (χ4v) is 4.84. The average molecular weight is 541 g/mol. The fraction of sp³-hybridized carbons (Fsp3) is 0.407. The number of nitrogens with zero attached hydrogens (tertiary/aromatic N) is 4. The van der Waals surface area contributed by atoms with Crippen LogP contribution in [-0.4, -0.2) is 66.0 Å². The molecule has 0 fully saturated rings. The number of fused-ring (bicyclic) bond motifs is 1. The average Bonchev–Trinajstić information content (AvgIpc) is 3.17. The van der Waals surface area contributed by atoms with E-state index >= 15 is 0 Å². The van der Waals surface area contributed by atoms with Gasteiger partial charge in [0.15, 0.2) is 5.69 Å². The van der Waals surface area contributed by atoms with Crippen LogP contribution in [0.1, 0.15) is 39.4 Å². The normalized spacial score (nSPS) is 15.4. The molecule has 0 bridgehead atoms. The van der Waals surface area contributed by atoms with E-state index in [4.69, 9.17) is 4.52 Å². The van der Waals surface area contributed by atoms with Crippen molar-refractivity contribution in [2.45, 2.75) is 33.0 Å². The van der Waals surface area contributed by atoms with Crippen molar-refractivity contribution in [2.75, 3.05) is 45.6 Å². The first kappa shape index (κ1) is 25.4. The number of benzene rings is 2. The highest BCUT2D eigenvalue weighted by molar-refractivity contribution is 9.10. The van der Waals surface area contributed by atoms with Gasteiger partial charge in [0, 0.05) is 61.5 Å². The quantitative estimate of drug-likeness (QED) is 0.503. The molecule has 4 rings (SSSR count). The molecular weight excluding hydrogens is 506 g/mol. The van der Waals surface area contributed by atoms with Gasteiger partial charge < -0.3 is 19.6 Å². The largest absolute Gasteiger partial charge is 0.385 e. The molecule has 186 valence electrons. The van der Waals surface area contributed by atoms with Gasteiger partial charge in [-0.1, -0.05) is 51.4 Å². The Hall–Kier alpha value is -2.68. The first-order valence-electron chi connectivity index (χ1n) is 12.1. The summed E-state index contributed by atoms with van der Waals surface area (Å²) in [6.45, 7) is 7.04. The van der Waals surface area contributed by atoms with Gasteiger partial charge in [-0.05, 0) is 56.8 Å². The second-order valence-corrected chi connectivity index (χ2v) is 10.3. The summed E-state index contributed by atoms with van der Waals surface area (Å²) >= 11 is 3.60. The number of halogens is 1. The molecule has 0 saturated heterocycles. The van der Waals surface area contributed by atoms with Crippen molar-refractivity contribution in [2.24, 2.45) is 0 Å². The highest BCUT2D eigenvalue weighted by Gasteiger charge is 2.26. The molecule has 1 aliphatic heterocycles. The summed E-state index contributed by atoms with van der Waals surface area (Å²) in [5.74, 6) is 0.596. The lowest BCUT2D eigenvalue weighted by atomic mass is 10.1. The van der Waals surface area contributed by atoms with E-state index in [0.29, 0.717) is 31.1 Å². The number of anilines is 1. The molecular formula is C27H34BrN5O2. The maximum absolute atomic E-state index is 13.9. The van der Waals surface area contributed by atoms with Gasteiger partial charge in [-0.3, -0.25) is 9.69 Å². The van der Waals surface area contributed by atoms with Crippen LogP contribution in [0.25, 0.3) is 0 Å². The van der Waals surface area contributed by atoms with E-state index in [2.05, 4.69) is 67.7 Å². The molecule has 1 amide bonds. The Kier molecular flexibility index (Phi) is 8.59. The summed E-state index contributed by atoms with van der Waals surface area (Å²) in [4.78, 5) is 20.2. The third kappa shape index (κ3) is 6.72. The minimum atomic E-state index is -0.0940. The van der Waals surface area contributed by atoms with E-state index < -0.39 is 0 Å². The van der Waals surface area contributed by atoms with E-state index in [1.165, 1.54) is 5.56 Å². The van der Waals surface area contributed by atoms with Crippen molar-refractivity contribution in [1.29, 1.82) is 0 Å². The molecule has 2 aromatic carbocycles. The molecule has 1 aromatic heterocycles. The van der Waals surface area contributed by atoms with Gasteiger partial charge in [-0.25, -0.2) is 0 Å². The smallest absolute Gasteiger partial charge is 0.276 e. The molecule has 0 unspecified atom stereocenters. The number of hydrogen-bond donors (Lipinski definition) is 1. The third-order valence-electron chi connectivity index (χ3n) is 6.28. The summed E-state index contributed by atoms with van der Waals surface area (Å²) in [5, 5.41) is 7.77. The van der Waals surface area contributed by atoms with Gasteiger partial charge in [-0.2, -0.15) is 0 Å². The monoisotopic (exact) mass is 539 g/mol. The Balaban J connectivity index is 1.63. The van der Waals surface area contributed by atoms with Gasteiger partial charge in [-0.15, -0.1) is 0 Å². The Morgan fingerprint density at radius 2 is 1.94 bits per heavy atom. The standard InChI is InChI=1S/C27H34BrN5O2/c1-20-24(19-31(2)3)26(30-35-20)27(34)33-15-14-32(17-21-8-5-4-6-9-21)13-7-12-29-25-11-10-23(28)16-22(25)18-33/h4-6,8-11,16,29H,7,12-15,17-19H2,1-3H3. The number of nitrogens with one attached hydrogen (secondary N) is 1. The number of aryl methyl sites for hydroxylation is 1. The highest BCUT2D eigenvalue weighted by Crippen LogP contribution is 2.25. The molecule has 1 aliphatic rings. The van der Waals surface area contributed by atoms with Crippen LogP contribution in [0.2, 0.25) is 0 Å². The third-order valence-corrected chi connectivity index (χ3v) is 6.77. The maximum Gasteiger partial charge on any atom is 0.276 e. The zero-order valence-electron chi connectivity index (χ0n) is 20.8. The van der Waals surface area contributed by atoms with Crippen molar-refractivity contribution in [1.82, 2.24) is 19.9 Å². The molecule has 0 spiro atoms. The lowest BCUT2D eigenvalue weighted by Crippen LogP contribution is -2.39. The minimum Gasteiger partial charge on any atom is -0.385 e. The summed E-state index contributed by atoms with van der Waals surface area (Å²) in [6.07, 6.45) is 1.02. The molecule has 8 heteroatoms. The number of rotatable bonds is 5. The highest BCUT2D eigenvalue weighted by atomic mass is 79.9. The van der Waals surface area contributed by atoms with Crippen LogP contribution in [0.5, 0.6) is 0 Å². The Bertz CT molecular complexity index is 1130. The molecule has 0 radical (unpaired) electrons. The Labute approximate surface area is 216 Å². The second kappa shape index (κ2) is 11.8. The van der Waals surface area contributed by atoms with E-state index in [-0.39, 0.29) is 5.91 Å². The van der Waals surface area contributed by atoms with E-state index in [1.807, 2.05) is 43.0 Å². The SMILES string of the molecule is Cc1onc(C(=O)N2CCN(Cc3ccccc3)CCCNc3ccc(Br)cc3C2)c1CN(C)C. The van der Waals surface area contributed by atoms with Crippen LogP contribution >= 0.6 is 15.9 Å². The lowest BCUT2D eigenvalue weighted by molar-refractivity contribution is 0.0708. The van der Waals surface area contributed by atoms with Crippen LogP contribution in [0.4, 0.5) is 5.69 Å². The predicted octanol–water partition coefficient (Wildman–Crippen LogP) is 4.77. The zero-order valence-corrected chi connectivity index (χ0v) is 22.3. The maximum atomic E-state index is 13.9. The molecule has 3 aromatic rings. The topological polar surface area (TPSA) is 64.9 Å². The predicted molar refractivity (Wildman–Crippen MR) is 142 cm³/mol. The summed E-state index contributed by atoms with van der Waals surface area (Å²) in [6, 6.07) is 16.7. The molecule has 1 N–H and O–H groups in total. The summed E-state index contributed by atoms with van der Waals surface area (Å²) < 4.78 is 6.46. The summed E-state index contributed by atoms with van der Waals surface area (Å²) in [5.41, 5.74) is 4.68. The molecule has 0 atom stereocenters. The van der Waals surface area contributed by atoms with Gasteiger partial charge in [0.05, 0.1) is 0 Å². The van der Waals surface area contributed by atoms with E-state index in [9.17, 15) is 4.79 Å². The van der Waals surface area contributed by atoms with Crippen molar-refractivity contribution in [3.05, 3.63) is 81.1 Å². The van der Waals surface area contributed by atoms with Crippen LogP contribution in [-0.2, 0) is 19.6 Å². The van der Waals surface area contributed by atoms with E-state index in [0.717, 1.165) is 53.9 Å². The Morgan fingerprint density at radius 3 is 2.71 bits per heavy atom. The fourth-order valence-electron chi connectivity index (χ4n) is 4.43. The van der Waals surface area contributed by atoms with Gasteiger partial charge in [0.2, 0.25) is 0 Å². The first-order valence-corrected chi connectivity index (χ1v) is 12.9. The number of amides is 1. The molecule has 35 heavy (non-hydrogen) atoms. The van der Waals surface area contributed by atoms with Crippen molar-refractivity contribution >= 4 is 27.5 Å². The summed E-state index contributed by atoms with van der Waals surface area (Å²) in [7, 11) is 3.96. The lowest BCUT2D eigenvalue weighted by Gasteiger charge is -2.28. The number of carbonyl (C=O) groups excluding carboxylic acids is 1. The van der Waals surface area contributed by atoms with Crippen LogP contribution in [0.3, 0.4) is 0 Å². The molecule has 2 heterocycles. The van der Waals surface area contributed by atoms with E-state index in [1.54, 1.807) is 0 Å². The van der Waals surface area contributed by atoms with Gasteiger partial charge >= 0.3 is 0 Å². The van der Waals surface area contributed by atoms with Gasteiger partial charge in [0.25, 0.3) is 5.91 Å². The molecule has 0 saturated carbocycles. The first-order chi connectivity index (χ1) is 16.9. The van der Waals surface area contributed by atoms with Crippen molar-refractivity contribution < 1.29 is 9.32 Å². The van der Waals surface area contributed by atoms with Crippen LogP contribution < -0.4 is 5.32 Å². The van der Waals surface area contributed by atoms with Crippen molar-refractivity contribution in [3.63, 3.8) is 0 Å². The van der Waals surface area contributed by atoms with Gasteiger partial charge in [0.1, 0.15) is 5.76 Å². The Morgan fingerprint density at radius 1 is 1.14 bits per heavy atom. The number of carbonyl (C=O) groups is 1. The number of aromatic nitrogens is 1. The molecule has 0 aliphatic carbocycles. The number of hydrogen-bond acceptors (Lipinski definition) is 6. The minimum absolute atomic E-state index is 0.0940. The zero-order chi connectivity index (χ0) is 24.8. The van der Waals surface area contributed by atoms with Crippen LogP contribution in [0, 0.1) is 6.92 Å².